The third-order valence-corrected chi connectivity index (χ3v) is 5.52. The largest absolute Gasteiger partial charge is 0.376 e. The molecule has 2 aromatic rings. The van der Waals surface area contributed by atoms with Gasteiger partial charge in [-0.1, -0.05) is 11.6 Å². The summed E-state index contributed by atoms with van der Waals surface area (Å²) in [6.45, 7) is 3.16. The van der Waals surface area contributed by atoms with Crippen LogP contribution in [0, 0.1) is 5.92 Å². The molecule has 0 radical (unpaired) electrons. The molecular weight excluding hydrogens is 392 g/mol. The van der Waals surface area contributed by atoms with Crippen LogP contribution >= 0.6 is 11.6 Å². The van der Waals surface area contributed by atoms with Crippen LogP contribution in [0.2, 0.25) is 5.02 Å². The van der Waals surface area contributed by atoms with Crippen LogP contribution in [0.5, 0.6) is 0 Å². The van der Waals surface area contributed by atoms with E-state index in [1.165, 1.54) is 6.20 Å². The first-order valence-electron chi connectivity index (χ1n) is 10.0. The first kappa shape index (κ1) is 20.0. The predicted molar refractivity (Wildman–Crippen MR) is 112 cm³/mol. The maximum Gasteiger partial charge on any atom is 0.229 e. The molecule has 0 aliphatic carbocycles. The summed E-state index contributed by atoms with van der Waals surface area (Å²) >= 11 is 6.36. The number of pyridine rings is 1. The van der Waals surface area contributed by atoms with Gasteiger partial charge in [-0.25, -0.2) is 9.97 Å². The quantitative estimate of drug-likeness (QED) is 0.665. The van der Waals surface area contributed by atoms with Crippen molar-refractivity contribution in [3.8, 4) is 11.3 Å². The molecule has 2 aromatic heterocycles. The van der Waals surface area contributed by atoms with Crippen molar-refractivity contribution in [1.29, 1.82) is 0 Å². The van der Waals surface area contributed by atoms with Gasteiger partial charge >= 0.3 is 0 Å². The van der Waals surface area contributed by atoms with Gasteiger partial charge in [0.15, 0.2) is 0 Å². The lowest BCUT2D eigenvalue weighted by molar-refractivity contribution is -0.120. The Kier molecular flexibility index (Phi) is 6.53. The minimum atomic E-state index is -0.0465. The van der Waals surface area contributed by atoms with Crippen LogP contribution in [0.1, 0.15) is 25.7 Å². The molecule has 8 nitrogen and oxygen atoms in total. The second-order valence-corrected chi connectivity index (χ2v) is 7.79. The summed E-state index contributed by atoms with van der Waals surface area (Å²) in [6, 6.07) is 1.74. The molecule has 4 rings (SSSR count). The van der Waals surface area contributed by atoms with E-state index in [0.717, 1.165) is 38.8 Å². The number of carbonyl (C=O) groups excluding carboxylic acids is 1. The van der Waals surface area contributed by atoms with Crippen molar-refractivity contribution < 1.29 is 9.53 Å². The number of nitrogens with one attached hydrogen (secondary N) is 3. The topological polar surface area (TPSA) is 101 Å². The van der Waals surface area contributed by atoms with Crippen LogP contribution in [-0.4, -0.2) is 53.2 Å². The summed E-state index contributed by atoms with van der Waals surface area (Å²) < 4.78 is 5.63. The molecule has 0 saturated carbocycles. The fourth-order valence-electron chi connectivity index (χ4n) is 3.61. The van der Waals surface area contributed by atoms with Gasteiger partial charge in [0, 0.05) is 31.5 Å². The standard InChI is InChI=1S/C20H25ClN6O2/c21-16-10-25-18(27-20(28)13-3-1-5-22-8-13)7-15(16)17-11-23-12-19(26-17)24-9-14-4-2-6-29-14/h7,10-14,22H,1-6,8-9H2,(H,24,26)(H,25,27,28)/t13-,14?/m1/s1. The number of amides is 1. The lowest BCUT2D eigenvalue weighted by Gasteiger charge is -2.21. The second kappa shape index (κ2) is 9.47. The van der Waals surface area contributed by atoms with Gasteiger partial charge < -0.3 is 20.7 Å². The summed E-state index contributed by atoms with van der Waals surface area (Å²) in [5.41, 5.74) is 1.29. The molecule has 0 aromatic carbocycles. The molecule has 2 atom stereocenters. The molecule has 1 unspecified atom stereocenters. The van der Waals surface area contributed by atoms with Crippen LogP contribution < -0.4 is 16.0 Å². The van der Waals surface area contributed by atoms with Crippen LogP contribution in [0.25, 0.3) is 11.3 Å². The maximum absolute atomic E-state index is 12.5. The number of ether oxygens (including phenoxy) is 1. The van der Waals surface area contributed by atoms with Gasteiger partial charge in [0.05, 0.1) is 35.1 Å². The molecule has 2 aliphatic heterocycles. The third-order valence-electron chi connectivity index (χ3n) is 5.22. The number of aromatic nitrogens is 3. The SMILES string of the molecule is O=C(Nc1cc(-c2cncc(NCC3CCCO3)n2)c(Cl)cn1)[C@@H]1CCCNC1. The number of piperidine rings is 1. The van der Waals surface area contributed by atoms with Gasteiger partial charge in [-0.15, -0.1) is 0 Å². The maximum atomic E-state index is 12.5. The molecule has 0 bridgehead atoms. The van der Waals surface area contributed by atoms with Gasteiger partial charge in [-0.3, -0.25) is 9.78 Å². The van der Waals surface area contributed by atoms with E-state index in [-0.39, 0.29) is 17.9 Å². The van der Waals surface area contributed by atoms with Gasteiger partial charge in [0.1, 0.15) is 11.6 Å². The molecule has 2 aliphatic rings. The van der Waals surface area contributed by atoms with E-state index < -0.39 is 0 Å². The van der Waals surface area contributed by atoms with Crippen molar-refractivity contribution in [3.05, 3.63) is 29.7 Å². The Labute approximate surface area is 174 Å². The number of anilines is 2. The highest BCUT2D eigenvalue weighted by molar-refractivity contribution is 6.33. The number of rotatable bonds is 6. The molecule has 1 amide bonds. The summed E-state index contributed by atoms with van der Waals surface area (Å²) in [4.78, 5) is 25.6. The monoisotopic (exact) mass is 416 g/mol. The molecule has 2 saturated heterocycles. The molecule has 154 valence electrons. The lowest BCUT2D eigenvalue weighted by Crippen LogP contribution is -2.37. The Morgan fingerprint density at radius 3 is 2.97 bits per heavy atom. The van der Waals surface area contributed by atoms with Gasteiger partial charge in [-0.2, -0.15) is 0 Å². The van der Waals surface area contributed by atoms with Gasteiger partial charge in [-0.05, 0) is 38.3 Å². The molecule has 29 heavy (non-hydrogen) atoms. The molecular formula is C20H25ClN6O2. The summed E-state index contributed by atoms with van der Waals surface area (Å²) in [7, 11) is 0. The minimum absolute atomic E-state index is 0.0314. The van der Waals surface area contributed by atoms with E-state index in [2.05, 4.69) is 30.9 Å². The Balaban J connectivity index is 1.46. The number of hydrogen-bond acceptors (Lipinski definition) is 7. The van der Waals surface area contributed by atoms with E-state index >= 15 is 0 Å². The second-order valence-electron chi connectivity index (χ2n) is 7.39. The molecule has 0 spiro atoms. The van der Waals surface area contributed by atoms with E-state index in [0.29, 0.717) is 41.0 Å². The predicted octanol–water partition coefficient (Wildman–Crippen LogP) is 2.72. The Morgan fingerprint density at radius 1 is 1.24 bits per heavy atom. The third kappa shape index (κ3) is 5.20. The first-order valence-corrected chi connectivity index (χ1v) is 10.4. The van der Waals surface area contributed by atoms with E-state index in [4.69, 9.17) is 16.3 Å². The number of nitrogens with zero attached hydrogens (tertiary/aromatic N) is 3. The van der Waals surface area contributed by atoms with Crippen molar-refractivity contribution in [2.75, 3.05) is 36.9 Å². The number of halogens is 1. The highest BCUT2D eigenvalue weighted by Gasteiger charge is 2.22. The van der Waals surface area contributed by atoms with E-state index in [1.807, 2.05) is 0 Å². The molecule has 2 fully saturated rings. The summed E-state index contributed by atoms with van der Waals surface area (Å²) in [5, 5.41) is 9.87. The summed E-state index contributed by atoms with van der Waals surface area (Å²) in [5.74, 6) is 1.04. The van der Waals surface area contributed by atoms with Gasteiger partial charge in [0.25, 0.3) is 0 Å². The van der Waals surface area contributed by atoms with Crippen molar-refractivity contribution >= 4 is 29.1 Å². The normalized spacial score (nSPS) is 21.7. The van der Waals surface area contributed by atoms with Crippen molar-refractivity contribution in [1.82, 2.24) is 20.3 Å². The Morgan fingerprint density at radius 2 is 2.17 bits per heavy atom. The van der Waals surface area contributed by atoms with Crippen molar-refractivity contribution in [3.63, 3.8) is 0 Å². The Hall–Kier alpha value is -2.29. The smallest absolute Gasteiger partial charge is 0.229 e. The van der Waals surface area contributed by atoms with Crippen LogP contribution in [0.15, 0.2) is 24.7 Å². The average Bonchev–Trinajstić information content (AvgIpc) is 3.28. The van der Waals surface area contributed by atoms with E-state index in [1.54, 1.807) is 18.5 Å². The minimum Gasteiger partial charge on any atom is -0.376 e. The highest BCUT2D eigenvalue weighted by atomic mass is 35.5. The fourth-order valence-corrected chi connectivity index (χ4v) is 3.81. The molecule has 9 heteroatoms. The zero-order valence-electron chi connectivity index (χ0n) is 16.2. The number of carbonyl (C=O) groups is 1. The highest BCUT2D eigenvalue weighted by Crippen LogP contribution is 2.28. The van der Waals surface area contributed by atoms with Crippen molar-refractivity contribution in [2.24, 2.45) is 5.92 Å². The zero-order valence-corrected chi connectivity index (χ0v) is 16.9. The van der Waals surface area contributed by atoms with Crippen LogP contribution in [-0.2, 0) is 9.53 Å². The van der Waals surface area contributed by atoms with Crippen LogP contribution in [0.4, 0.5) is 11.6 Å². The summed E-state index contributed by atoms with van der Waals surface area (Å²) in [6.07, 6.45) is 9.08. The Bertz CT molecular complexity index is 853. The molecule has 4 heterocycles. The average molecular weight is 417 g/mol. The van der Waals surface area contributed by atoms with Crippen molar-refractivity contribution in [2.45, 2.75) is 31.8 Å². The zero-order chi connectivity index (χ0) is 20.1. The fraction of sp³-hybridized carbons (Fsp3) is 0.500. The first-order chi connectivity index (χ1) is 14.2. The molecule has 3 N–H and O–H groups in total. The van der Waals surface area contributed by atoms with Crippen LogP contribution in [0.3, 0.4) is 0 Å². The number of hydrogen-bond donors (Lipinski definition) is 3. The van der Waals surface area contributed by atoms with Gasteiger partial charge in [0.2, 0.25) is 5.91 Å². The lowest BCUT2D eigenvalue weighted by atomic mass is 9.99. The van der Waals surface area contributed by atoms with E-state index in [9.17, 15) is 4.79 Å².